The monoisotopic (exact) mass is 441 g/mol. The van der Waals surface area contributed by atoms with E-state index in [9.17, 15) is 9.90 Å². The van der Waals surface area contributed by atoms with E-state index in [0.29, 0.717) is 6.47 Å². The summed E-state index contributed by atoms with van der Waals surface area (Å²) in [6, 6.07) is 20.2. The lowest BCUT2D eigenvalue weighted by Crippen LogP contribution is -1.97. The molecule has 0 amide bonds. The number of phenols is 1. The van der Waals surface area contributed by atoms with Gasteiger partial charge in [-0.2, -0.15) is 0 Å². The highest BCUT2D eigenvalue weighted by atomic mass is 16.5. The standard InChI is InChI=1S/C29H31NO3/c1-2-3-4-5-6-9-18-30-26-11-8-7-10-24(26)25-19-22(14-16-27(25)30)12-13-23-15-17-28(32)29(20-23)33-21-31/h7-8,10-17,19-21,32H,2-6,9,18H2,1H3/b13-12+. The fourth-order valence-electron chi connectivity index (χ4n) is 4.44. The number of unbranched alkanes of at least 4 members (excludes halogenated alkanes) is 5. The second-order valence-corrected chi connectivity index (χ2v) is 8.49. The van der Waals surface area contributed by atoms with Crippen molar-refractivity contribution in [3.05, 3.63) is 71.8 Å². The van der Waals surface area contributed by atoms with Gasteiger partial charge in [-0.3, -0.25) is 4.79 Å². The Hall–Kier alpha value is -3.53. The molecule has 4 rings (SSSR count). The van der Waals surface area contributed by atoms with Crippen LogP contribution in [0.3, 0.4) is 0 Å². The van der Waals surface area contributed by atoms with Gasteiger partial charge in [-0.1, -0.05) is 81.5 Å². The van der Waals surface area contributed by atoms with E-state index in [-0.39, 0.29) is 11.5 Å². The maximum absolute atomic E-state index is 10.6. The van der Waals surface area contributed by atoms with Gasteiger partial charge in [0.25, 0.3) is 6.47 Å². The van der Waals surface area contributed by atoms with Gasteiger partial charge in [0.15, 0.2) is 11.5 Å². The molecular weight excluding hydrogens is 410 g/mol. The van der Waals surface area contributed by atoms with Crippen molar-refractivity contribution in [2.24, 2.45) is 0 Å². The summed E-state index contributed by atoms with van der Waals surface area (Å²) in [5.74, 6) is 0.0965. The Bertz CT molecular complexity index is 1270. The summed E-state index contributed by atoms with van der Waals surface area (Å²) in [6.07, 6.45) is 11.7. The van der Waals surface area contributed by atoms with E-state index >= 15 is 0 Å². The largest absolute Gasteiger partial charge is 0.504 e. The van der Waals surface area contributed by atoms with Crippen molar-refractivity contribution in [3.8, 4) is 11.5 Å². The summed E-state index contributed by atoms with van der Waals surface area (Å²) < 4.78 is 7.29. The first-order valence-corrected chi connectivity index (χ1v) is 11.8. The Kier molecular flexibility index (Phi) is 7.46. The third-order valence-electron chi connectivity index (χ3n) is 6.16. The Labute approximate surface area is 195 Å². The molecule has 0 bridgehead atoms. The fraction of sp³-hybridized carbons (Fsp3) is 0.276. The molecule has 170 valence electrons. The van der Waals surface area contributed by atoms with Crippen LogP contribution < -0.4 is 4.74 Å². The first kappa shape index (κ1) is 22.7. The summed E-state index contributed by atoms with van der Waals surface area (Å²) in [4.78, 5) is 10.6. The lowest BCUT2D eigenvalue weighted by atomic mass is 10.1. The van der Waals surface area contributed by atoms with Gasteiger partial charge in [-0.25, -0.2) is 0 Å². The van der Waals surface area contributed by atoms with Crippen LogP contribution in [0.2, 0.25) is 0 Å². The average molecular weight is 442 g/mol. The first-order valence-electron chi connectivity index (χ1n) is 11.8. The number of aromatic hydroxyl groups is 1. The van der Waals surface area contributed by atoms with Gasteiger partial charge in [0.05, 0.1) is 0 Å². The number of phenolic OH excluding ortho intramolecular Hbond substituents is 1. The highest BCUT2D eigenvalue weighted by Gasteiger charge is 2.10. The zero-order valence-corrected chi connectivity index (χ0v) is 19.2. The predicted octanol–water partition coefficient (Wildman–Crippen LogP) is 7.57. The zero-order valence-electron chi connectivity index (χ0n) is 19.2. The van der Waals surface area contributed by atoms with Crippen LogP contribution in [0.5, 0.6) is 11.5 Å². The van der Waals surface area contributed by atoms with Crippen molar-refractivity contribution in [1.82, 2.24) is 4.57 Å². The minimum atomic E-state index is -0.0566. The molecule has 0 aliphatic carbocycles. The smallest absolute Gasteiger partial charge is 0.298 e. The predicted molar refractivity (Wildman–Crippen MR) is 137 cm³/mol. The highest BCUT2D eigenvalue weighted by molar-refractivity contribution is 6.08. The number of nitrogens with zero attached hydrogens (tertiary/aromatic N) is 1. The van der Waals surface area contributed by atoms with Crippen LogP contribution in [0.15, 0.2) is 60.7 Å². The minimum absolute atomic E-state index is 0.0566. The number of hydrogen-bond donors (Lipinski definition) is 1. The van der Waals surface area contributed by atoms with E-state index in [2.05, 4.69) is 54.0 Å². The van der Waals surface area contributed by atoms with Gasteiger partial charge >= 0.3 is 0 Å². The Morgan fingerprint density at radius 1 is 0.818 bits per heavy atom. The van der Waals surface area contributed by atoms with Crippen LogP contribution in [0.1, 0.15) is 56.6 Å². The Balaban J connectivity index is 1.59. The number of para-hydroxylation sites is 1. The average Bonchev–Trinajstić information content (AvgIpc) is 3.15. The number of aromatic nitrogens is 1. The molecule has 1 aromatic heterocycles. The van der Waals surface area contributed by atoms with Crippen molar-refractivity contribution < 1.29 is 14.6 Å². The zero-order chi connectivity index (χ0) is 23.0. The van der Waals surface area contributed by atoms with E-state index in [4.69, 9.17) is 4.74 Å². The molecule has 0 unspecified atom stereocenters. The van der Waals surface area contributed by atoms with Crippen LogP contribution in [-0.4, -0.2) is 16.1 Å². The van der Waals surface area contributed by atoms with Gasteiger partial charge < -0.3 is 14.4 Å². The minimum Gasteiger partial charge on any atom is -0.504 e. The number of benzene rings is 3. The van der Waals surface area contributed by atoms with Crippen LogP contribution in [0.4, 0.5) is 0 Å². The molecule has 0 atom stereocenters. The number of carbonyl (C=O) groups is 1. The summed E-state index contributed by atoms with van der Waals surface area (Å²) in [5, 5.41) is 12.3. The quantitative estimate of drug-likeness (QED) is 0.148. The lowest BCUT2D eigenvalue weighted by molar-refractivity contribution is -0.120. The topological polar surface area (TPSA) is 51.5 Å². The molecule has 0 saturated carbocycles. The molecule has 0 fully saturated rings. The second-order valence-electron chi connectivity index (χ2n) is 8.49. The third-order valence-corrected chi connectivity index (χ3v) is 6.16. The summed E-state index contributed by atoms with van der Waals surface area (Å²) >= 11 is 0. The van der Waals surface area contributed by atoms with E-state index in [1.165, 1.54) is 66.4 Å². The number of ether oxygens (including phenoxy) is 1. The number of aryl methyl sites for hydroxylation is 1. The third kappa shape index (κ3) is 5.28. The molecule has 0 radical (unpaired) electrons. The molecule has 1 N–H and O–H groups in total. The van der Waals surface area contributed by atoms with E-state index in [0.717, 1.165) is 17.7 Å². The highest BCUT2D eigenvalue weighted by Crippen LogP contribution is 2.31. The summed E-state index contributed by atoms with van der Waals surface area (Å²) in [5.41, 5.74) is 4.50. The maximum atomic E-state index is 10.6. The van der Waals surface area contributed by atoms with Crippen LogP contribution >= 0.6 is 0 Å². The number of hydrogen-bond acceptors (Lipinski definition) is 3. The molecule has 0 aliphatic heterocycles. The SMILES string of the molecule is CCCCCCCCn1c2ccccc2c2cc(/C=C/c3ccc(O)c(OC=O)c3)ccc21. The molecule has 1 heterocycles. The number of carbonyl (C=O) groups excluding carboxylic acids is 1. The molecule has 0 aliphatic rings. The van der Waals surface area contributed by atoms with Gasteiger partial charge in [0.1, 0.15) is 0 Å². The first-order chi connectivity index (χ1) is 16.2. The van der Waals surface area contributed by atoms with Crippen LogP contribution in [0, 0.1) is 0 Å². The Morgan fingerprint density at radius 3 is 2.33 bits per heavy atom. The van der Waals surface area contributed by atoms with E-state index < -0.39 is 0 Å². The van der Waals surface area contributed by atoms with Crippen molar-refractivity contribution >= 4 is 40.4 Å². The molecule has 33 heavy (non-hydrogen) atoms. The molecular formula is C29H31NO3. The second kappa shape index (κ2) is 10.9. The van der Waals surface area contributed by atoms with Gasteiger partial charge in [-0.05, 0) is 47.9 Å². The van der Waals surface area contributed by atoms with E-state index in [1.54, 1.807) is 12.1 Å². The fourth-order valence-corrected chi connectivity index (χ4v) is 4.44. The van der Waals surface area contributed by atoms with E-state index in [1.807, 2.05) is 12.2 Å². The molecule has 0 saturated heterocycles. The molecule has 3 aromatic carbocycles. The van der Waals surface area contributed by atoms with Crippen molar-refractivity contribution in [1.29, 1.82) is 0 Å². The van der Waals surface area contributed by atoms with Gasteiger partial charge in [0.2, 0.25) is 0 Å². The number of fused-ring (bicyclic) bond motifs is 3. The summed E-state index contributed by atoms with van der Waals surface area (Å²) in [7, 11) is 0. The van der Waals surface area contributed by atoms with Crippen LogP contribution in [0.25, 0.3) is 34.0 Å². The van der Waals surface area contributed by atoms with Crippen molar-refractivity contribution in [2.45, 2.75) is 52.0 Å². The van der Waals surface area contributed by atoms with Crippen molar-refractivity contribution in [2.75, 3.05) is 0 Å². The number of rotatable bonds is 11. The lowest BCUT2D eigenvalue weighted by Gasteiger charge is -2.08. The van der Waals surface area contributed by atoms with Crippen molar-refractivity contribution in [3.63, 3.8) is 0 Å². The molecule has 4 nitrogen and oxygen atoms in total. The normalized spacial score (nSPS) is 11.5. The van der Waals surface area contributed by atoms with Gasteiger partial charge in [0, 0.05) is 28.4 Å². The molecule has 0 spiro atoms. The molecule has 4 aromatic rings. The van der Waals surface area contributed by atoms with Crippen LogP contribution in [-0.2, 0) is 11.3 Å². The maximum Gasteiger partial charge on any atom is 0.298 e. The van der Waals surface area contributed by atoms with Gasteiger partial charge in [-0.15, -0.1) is 0 Å². The molecule has 4 heteroatoms. The summed E-state index contributed by atoms with van der Waals surface area (Å²) in [6.45, 7) is 3.61. The Morgan fingerprint density at radius 2 is 1.52 bits per heavy atom.